The van der Waals surface area contributed by atoms with E-state index in [2.05, 4.69) is 15.1 Å². The van der Waals surface area contributed by atoms with Crippen molar-refractivity contribution in [2.45, 2.75) is 37.1 Å². The summed E-state index contributed by atoms with van der Waals surface area (Å²) in [6, 6.07) is 0. The van der Waals surface area contributed by atoms with Crippen molar-refractivity contribution in [3.63, 3.8) is 0 Å². The first-order valence-electron chi connectivity index (χ1n) is 6.42. The molecule has 0 radical (unpaired) electrons. The minimum atomic E-state index is -3.48. The molecule has 1 aromatic heterocycles. The minimum Gasteiger partial charge on any atom is -0.261 e. The highest BCUT2D eigenvalue weighted by Gasteiger charge is 2.36. The number of hydrogen-bond acceptors (Lipinski definition) is 7. The molecule has 1 fully saturated rings. The van der Waals surface area contributed by atoms with Crippen LogP contribution in [0.4, 0.5) is 5.95 Å². The highest BCUT2D eigenvalue weighted by Crippen LogP contribution is 2.33. The zero-order valence-corrected chi connectivity index (χ0v) is 12.9. The summed E-state index contributed by atoms with van der Waals surface area (Å²) in [5.41, 5.74) is 0.800. The molecule has 7 nitrogen and oxygen atoms in total. The van der Waals surface area contributed by atoms with Crippen molar-refractivity contribution in [1.29, 1.82) is 0 Å². The molecule has 1 aliphatic heterocycles. The van der Waals surface area contributed by atoms with Gasteiger partial charge >= 0.3 is 0 Å². The van der Waals surface area contributed by atoms with E-state index in [0.717, 1.165) is 24.8 Å². The van der Waals surface area contributed by atoms with E-state index in [0.29, 0.717) is 24.1 Å². The first-order chi connectivity index (χ1) is 9.46. The fourth-order valence-corrected chi connectivity index (χ4v) is 3.66. The summed E-state index contributed by atoms with van der Waals surface area (Å²) < 4.78 is 29.7. The van der Waals surface area contributed by atoms with Gasteiger partial charge in [-0.15, -0.1) is 5.10 Å². The SMILES string of the molecule is CSc1nc2n(n1)CC1CCCC(OS(C)(=O)=O)C1=N2. The molecule has 0 N–H and O–H groups in total. The number of rotatable bonds is 3. The smallest absolute Gasteiger partial charge is 0.261 e. The van der Waals surface area contributed by atoms with Gasteiger partial charge in [0.2, 0.25) is 11.1 Å². The average Bonchev–Trinajstić information content (AvgIpc) is 2.77. The standard InChI is InChI=1S/C11H16N4O3S2/c1-19-11-13-10-12-9-7(6-15(10)14-11)4-3-5-8(9)18-20(2,16)17/h7-8H,3-6H2,1-2H3. The van der Waals surface area contributed by atoms with Gasteiger partial charge in [0.25, 0.3) is 10.1 Å². The van der Waals surface area contributed by atoms with Crippen LogP contribution < -0.4 is 0 Å². The maximum absolute atomic E-state index is 11.4. The van der Waals surface area contributed by atoms with Gasteiger partial charge < -0.3 is 0 Å². The Hall–Kier alpha value is -0.930. The van der Waals surface area contributed by atoms with Crippen molar-refractivity contribution >= 4 is 33.5 Å². The number of nitrogens with zero attached hydrogens (tertiary/aromatic N) is 4. The second-order valence-corrected chi connectivity index (χ2v) is 7.41. The van der Waals surface area contributed by atoms with Crippen LogP contribution in [-0.4, -0.2) is 47.5 Å². The van der Waals surface area contributed by atoms with E-state index < -0.39 is 16.2 Å². The summed E-state index contributed by atoms with van der Waals surface area (Å²) >= 11 is 1.47. The molecule has 2 heterocycles. The molecule has 2 unspecified atom stereocenters. The molecule has 2 atom stereocenters. The Balaban J connectivity index is 1.94. The fourth-order valence-electron chi connectivity index (χ4n) is 2.69. The van der Waals surface area contributed by atoms with Crippen LogP contribution in [0, 0.1) is 5.92 Å². The zero-order chi connectivity index (χ0) is 14.3. The zero-order valence-electron chi connectivity index (χ0n) is 11.3. The van der Waals surface area contributed by atoms with Gasteiger partial charge in [0, 0.05) is 5.92 Å². The second-order valence-electron chi connectivity index (χ2n) is 5.03. The van der Waals surface area contributed by atoms with E-state index in [9.17, 15) is 8.42 Å². The highest BCUT2D eigenvalue weighted by molar-refractivity contribution is 7.98. The first kappa shape index (κ1) is 14.0. The maximum atomic E-state index is 11.4. The Morgan fingerprint density at radius 2 is 2.20 bits per heavy atom. The van der Waals surface area contributed by atoms with Gasteiger partial charge in [0.05, 0.1) is 18.5 Å². The van der Waals surface area contributed by atoms with Gasteiger partial charge in [0.1, 0.15) is 6.10 Å². The topological polar surface area (TPSA) is 86.4 Å². The molecule has 110 valence electrons. The molecule has 3 rings (SSSR count). The van der Waals surface area contributed by atoms with E-state index in [-0.39, 0.29) is 5.92 Å². The highest BCUT2D eigenvalue weighted by atomic mass is 32.2. The number of aromatic nitrogens is 3. The number of hydrogen-bond donors (Lipinski definition) is 0. The molecule has 0 spiro atoms. The number of aliphatic imine (C=N–C) groups is 1. The molecular formula is C11H16N4O3S2. The summed E-state index contributed by atoms with van der Waals surface area (Å²) in [6.45, 7) is 0.700. The van der Waals surface area contributed by atoms with Gasteiger partial charge in [-0.2, -0.15) is 13.4 Å². The molecular weight excluding hydrogens is 300 g/mol. The predicted octanol–water partition coefficient (Wildman–Crippen LogP) is 1.23. The van der Waals surface area contributed by atoms with Crippen molar-refractivity contribution in [1.82, 2.24) is 14.8 Å². The molecule has 1 aromatic rings. The second kappa shape index (κ2) is 5.12. The molecule has 0 amide bonds. The monoisotopic (exact) mass is 316 g/mol. The summed E-state index contributed by atoms with van der Waals surface area (Å²) in [7, 11) is -3.48. The average molecular weight is 316 g/mol. The Kier molecular flexibility index (Phi) is 3.59. The van der Waals surface area contributed by atoms with Crippen molar-refractivity contribution < 1.29 is 12.6 Å². The molecule has 1 aliphatic carbocycles. The van der Waals surface area contributed by atoms with Gasteiger partial charge in [-0.1, -0.05) is 11.8 Å². The van der Waals surface area contributed by atoms with E-state index in [1.54, 1.807) is 4.68 Å². The normalized spacial score (nSPS) is 25.8. The van der Waals surface area contributed by atoms with Crippen LogP contribution >= 0.6 is 11.8 Å². The lowest BCUT2D eigenvalue weighted by atomic mass is 9.84. The van der Waals surface area contributed by atoms with E-state index in [1.807, 2.05) is 6.26 Å². The third-order valence-corrected chi connectivity index (χ3v) is 4.62. The molecule has 2 aliphatic rings. The van der Waals surface area contributed by atoms with Crippen molar-refractivity contribution in [3.05, 3.63) is 0 Å². The van der Waals surface area contributed by atoms with Gasteiger partial charge in [-0.25, -0.2) is 9.67 Å². The Labute approximate surface area is 121 Å². The van der Waals surface area contributed by atoms with Gasteiger partial charge in [-0.3, -0.25) is 4.18 Å². The van der Waals surface area contributed by atoms with Crippen molar-refractivity contribution in [3.8, 4) is 0 Å². The summed E-state index contributed by atoms with van der Waals surface area (Å²) in [6.07, 6.45) is 5.14. The molecule has 0 saturated heterocycles. The summed E-state index contributed by atoms with van der Waals surface area (Å²) in [4.78, 5) is 8.82. The van der Waals surface area contributed by atoms with Crippen LogP contribution in [0.3, 0.4) is 0 Å². The maximum Gasteiger partial charge on any atom is 0.265 e. The van der Waals surface area contributed by atoms with E-state index in [4.69, 9.17) is 4.18 Å². The Morgan fingerprint density at radius 3 is 2.90 bits per heavy atom. The summed E-state index contributed by atoms with van der Waals surface area (Å²) in [5.74, 6) is 0.740. The van der Waals surface area contributed by atoms with Crippen molar-refractivity contribution in [2.24, 2.45) is 10.9 Å². The molecule has 20 heavy (non-hydrogen) atoms. The van der Waals surface area contributed by atoms with Crippen LogP contribution in [-0.2, 0) is 20.8 Å². The van der Waals surface area contributed by atoms with Gasteiger partial charge in [-0.05, 0) is 25.5 Å². The number of thioether (sulfide) groups is 1. The predicted molar refractivity (Wildman–Crippen MR) is 76.0 cm³/mol. The fraction of sp³-hybridized carbons (Fsp3) is 0.727. The minimum absolute atomic E-state index is 0.194. The lowest BCUT2D eigenvalue weighted by molar-refractivity contribution is 0.227. The van der Waals surface area contributed by atoms with Crippen LogP contribution in [0.25, 0.3) is 0 Å². The van der Waals surface area contributed by atoms with Crippen LogP contribution in [0.1, 0.15) is 19.3 Å². The Morgan fingerprint density at radius 1 is 1.40 bits per heavy atom. The van der Waals surface area contributed by atoms with Crippen molar-refractivity contribution in [2.75, 3.05) is 12.5 Å². The van der Waals surface area contributed by atoms with Crippen LogP contribution in [0.5, 0.6) is 0 Å². The largest absolute Gasteiger partial charge is 0.265 e. The van der Waals surface area contributed by atoms with Gasteiger partial charge in [0.15, 0.2) is 0 Å². The molecule has 0 aromatic carbocycles. The van der Waals surface area contributed by atoms with E-state index >= 15 is 0 Å². The summed E-state index contributed by atoms with van der Waals surface area (Å²) in [5, 5.41) is 5.05. The lowest BCUT2D eigenvalue weighted by Gasteiger charge is -2.32. The number of fused-ring (bicyclic) bond motifs is 2. The molecule has 9 heteroatoms. The Bertz CT molecular complexity index is 653. The lowest BCUT2D eigenvalue weighted by Crippen LogP contribution is -2.40. The van der Waals surface area contributed by atoms with Crippen LogP contribution in [0.15, 0.2) is 10.1 Å². The third-order valence-electron chi connectivity index (χ3n) is 3.50. The third kappa shape index (κ3) is 2.75. The first-order valence-corrected chi connectivity index (χ1v) is 9.46. The molecule has 1 saturated carbocycles. The quantitative estimate of drug-likeness (QED) is 0.616. The van der Waals surface area contributed by atoms with E-state index in [1.165, 1.54) is 11.8 Å². The van der Waals surface area contributed by atoms with Crippen LogP contribution in [0.2, 0.25) is 0 Å². The molecule has 0 bridgehead atoms.